The van der Waals surface area contributed by atoms with Gasteiger partial charge in [0, 0.05) is 85.8 Å². The smallest absolute Gasteiger partial charge is 0.252 e. The number of hydrogen-bond acceptors (Lipinski definition) is 3. The summed E-state index contributed by atoms with van der Waals surface area (Å²) in [6.07, 6.45) is 4.09. The molecule has 0 saturated carbocycles. The first-order valence-electron chi connectivity index (χ1n) is 38.6. The maximum atomic E-state index is 2.80. The Labute approximate surface area is 626 Å². The standard InChI is InChI=1S/C100H92BN5/c1-97(2,3)71-37-45-87-81(57-71)82-58-72(98(4,5)6)38-46-88(82)103(87)75-41-43-85-91(61-75)105(77-53-67(63-27-17-13-18-28-63)51-68(54-77)64-29-19-14-20-30-64)95-79-35-25-49-102-50-26-36-80(94(79)102)96-93(95)101(85)86-44-42-76(104-89-47-39-73(99(7,8)9)59-83(89)84-60-74(100(10,11)12)40-48-90(84)104)62-92(86)106(96)78-55-69(65-31-21-15-22-32-65)52-70(56-78)66-33-23-16-24-34-66/h13-24,27-34,37-48,51-62H,25-26,35-36,49-50H2,1-12H3. The van der Waals surface area contributed by atoms with E-state index in [-0.39, 0.29) is 28.4 Å². The minimum atomic E-state index is -0.162. The number of fused-ring (bicyclic) bond motifs is 12. The summed E-state index contributed by atoms with van der Waals surface area (Å²) in [6.45, 7) is 30.0. The molecule has 5 nitrogen and oxygen atoms in total. The third-order valence-corrected chi connectivity index (χ3v) is 23.8. The second kappa shape index (κ2) is 24.2. The van der Waals surface area contributed by atoms with Gasteiger partial charge in [-0.25, -0.2) is 0 Å². The van der Waals surface area contributed by atoms with E-state index in [0.717, 1.165) is 61.5 Å². The SMILES string of the molecule is CC(C)(C)c1ccc2c(c1)c1cc(C(C)(C)C)ccc1n2-c1ccc2c(c1)N(c1cc(-c3ccccc3)cc(-c3ccccc3)c1)c1c3c4c(c5c1B2c1ccc(-n2c6ccc(C(C)(C)C)cc6c6cc(C(C)(C)C)ccc62)cc1N5c1cc(-c2ccccc2)cc(-c2ccccc2)c1)CCCN4CCC3. The normalized spacial score (nSPS) is 14.3. The second-order valence-electron chi connectivity index (χ2n) is 34.8. The van der Waals surface area contributed by atoms with Crippen LogP contribution < -0.4 is 31.1 Å². The van der Waals surface area contributed by atoms with Crippen LogP contribution in [0.3, 0.4) is 0 Å². The van der Waals surface area contributed by atoms with E-state index in [9.17, 15) is 0 Å². The fraction of sp³-hybridized carbons (Fsp3) is 0.220. The van der Waals surface area contributed by atoms with Crippen molar-refractivity contribution in [3.05, 3.63) is 300 Å². The van der Waals surface area contributed by atoms with Gasteiger partial charge in [-0.05, 0) is 251 Å². The molecule has 6 heterocycles. The molecule has 0 radical (unpaired) electrons. The molecule has 0 unspecified atom stereocenters. The summed E-state index contributed by atoms with van der Waals surface area (Å²) in [7, 11) is 0. The molecule has 0 amide bonds. The number of aromatic nitrogens is 2. The lowest BCUT2D eigenvalue weighted by Gasteiger charge is -2.50. The maximum Gasteiger partial charge on any atom is 0.252 e. The fourth-order valence-corrected chi connectivity index (χ4v) is 18.3. The number of rotatable bonds is 8. The highest BCUT2D eigenvalue weighted by atomic mass is 15.2. The molecule has 0 N–H and O–H groups in total. The average molecular weight is 1370 g/mol. The van der Waals surface area contributed by atoms with Crippen LogP contribution in [0.25, 0.3) is 99.5 Å². The van der Waals surface area contributed by atoms with E-state index in [1.807, 2.05) is 0 Å². The minimum Gasteiger partial charge on any atom is -0.371 e. The van der Waals surface area contributed by atoms with Crippen molar-refractivity contribution in [2.24, 2.45) is 0 Å². The molecular weight excluding hydrogens is 1280 g/mol. The summed E-state index contributed by atoms with van der Waals surface area (Å²) in [5.41, 5.74) is 37.5. The van der Waals surface area contributed by atoms with Crippen LogP contribution in [0.1, 0.15) is 129 Å². The van der Waals surface area contributed by atoms with Crippen LogP contribution in [0.5, 0.6) is 0 Å². The Balaban J connectivity index is 0.961. The predicted octanol–water partition coefficient (Wildman–Crippen LogP) is 24.5. The minimum absolute atomic E-state index is 0.0396. The van der Waals surface area contributed by atoms with Crippen LogP contribution in [-0.2, 0) is 34.5 Å². The first kappa shape index (κ1) is 65.7. The Morgan fingerprint density at radius 2 is 0.575 bits per heavy atom. The monoisotopic (exact) mass is 1370 g/mol. The molecule has 0 spiro atoms. The average Bonchev–Trinajstić information content (AvgIpc) is 0.778. The van der Waals surface area contributed by atoms with E-state index in [1.165, 1.54) is 166 Å². The molecule has 6 heteroatoms. The van der Waals surface area contributed by atoms with Crippen molar-refractivity contribution in [1.29, 1.82) is 0 Å². The Morgan fingerprint density at radius 1 is 0.274 bits per heavy atom. The molecule has 520 valence electrons. The molecule has 13 aromatic carbocycles. The molecule has 0 aliphatic carbocycles. The number of anilines is 7. The zero-order valence-electron chi connectivity index (χ0n) is 63.5. The van der Waals surface area contributed by atoms with E-state index >= 15 is 0 Å². The third kappa shape index (κ3) is 10.7. The van der Waals surface area contributed by atoms with Gasteiger partial charge in [0.15, 0.2) is 0 Å². The molecule has 4 aliphatic heterocycles. The van der Waals surface area contributed by atoms with Crippen molar-refractivity contribution in [3.63, 3.8) is 0 Å². The molecule has 19 rings (SSSR count). The van der Waals surface area contributed by atoms with E-state index < -0.39 is 0 Å². The van der Waals surface area contributed by atoms with Crippen molar-refractivity contribution >= 4 is 107 Å². The highest BCUT2D eigenvalue weighted by Crippen LogP contribution is 2.56. The number of hydrogen-bond donors (Lipinski definition) is 0. The van der Waals surface area contributed by atoms with Gasteiger partial charge in [-0.3, -0.25) is 0 Å². The van der Waals surface area contributed by atoms with Gasteiger partial charge in [0.1, 0.15) is 0 Å². The zero-order valence-corrected chi connectivity index (χ0v) is 63.5. The molecular formula is C100H92BN5. The van der Waals surface area contributed by atoms with Crippen molar-refractivity contribution in [1.82, 2.24) is 9.13 Å². The molecule has 0 fully saturated rings. The number of nitrogens with zero attached hydrogens (tertiary/aromatic N) is 5. The van der Waals surface area contributed by atoms with Gasteiger partial charge in [0.2, 0.25) is 0 Å². The lowest BCUT2D eigenvalue weighted by molar-refractivity contribution is 0.590. The quantitative estimate of drug-likeness (QED) is 0.141. The Hall–Kier alpha value is -11.1. The van der Waals surface area contributed by atoms with Gasteiger partial charge in [-0.2, -0.15) is 0 Å². The summed E-state index contributed by atoms with van der Waals surface area (Å²) in [6, 6.07) is 104. The Kier molecular flexibility index (Phi) is 15.0. The summed E-state index contributed by atoms with van der Waals surface area (Å²) >= 11 is 0. The van der Waals surface area contributed by atoms with Crippen LogP contribution in [0.2, 0.25) is 0 Å². The molecule has 0 atom stereocenters. The van der Waals surface area contributed by atoms with Crippen LogP contribution in [-0.4, -0.2) is 28.9 Å². The molecule has 0 bridgehead atoms. The summed E-state index contributed by atoms with van der Waals surface area (Å²) in [5, 5.41) is 5.14. The topological polar surface area (TPSA) is 19.6 Å². The molecule has 15 aromatic rings. The van der Waals surface area contributed by atoms with Crippen molar-refractivity contribution < 1.29 is 0 Å². The van der Waals surface area contributed by atoms with E-state index in [4.69, 9.17) is 0 Å². The highest BCUT2D eigenvalue weighted by molar-refractivity contribution is 7.00. The van der Waals surface area contributed by atoms with E-state index in [0.29, 0.717) is 0 Å². The molecule has 2 aromatic heterocycles. The Morgan fingerprint density at radius 3 is 0.868 bits per heavy atom. The highest BCUT2D eigenvalue weighted by Gasteiger charge is 2.49. The van der Waals surface area contributed by atoms with Crippen molar-refractivity contribution in [2.75, 3.05) is 27.8 Å². The number of benzene rings is 13. The molecule has 0 saturated heterocycles. The van der Waals surface area contributed by atoms with Crippen LogP contribution in [0, 0.1) is 0 Å². The lowest BCUT2D eigenvalue weighted by atomic mass is 9.33. The molecule has 106 heavy (non-hydrogen) atoms. The van der Waals surface area contributed by atoms with Gasteiger partial charge in [0.05, 0.1) is 22.1 Å². The third-order valence-electron chi connectivity index (χ3n) is 23.8. The van der Waals surface area contributed by atoms with Gasteiger partial charge in [-0.15, -0.1) is 0 Å². The lowest BCUT2D eigenvalue weighted by Crippen LogP contribution is -2.62. The first-order chi connectivity index (χ1) is 51.1. The largest absolute Gasteiger partial charge is 0.371 e. The van der Waals surface area contributed by atoms with Crippen molar-refractivity contribution in [2.45, 2.75) is 130 Å². The van der Waals surface area contributed by atoms with Crippen molar-refractivity contribution in [3.8, 4) is 55.9 Å². The van der Waals surface area contributed by atoms with Gasteiger partial charge >= 0.3 is 0 Å². The van der Waals surface area contributed by atoms with Crippen LogP contribution >= 0.6 is 0 Å². The fourth-order valence-electron chi connectivity index (χ4n) is 18.3. The van der Waals surface area contributed by atoms with E-state index in [1.54, 1.807) is 0 Å². The van der Waals surface area contributed by atoms with E-state index in [2.05, 4.69) is 374 Å². The predicted molar refractivity (Wildman–Crippen MR) is 455 cm³/mol. The summed E-state index contributed by atoms with van der Waals surface area (Å²) < 4.78 is 5.18. The van der Waals surface area contributed by atoms with Crippen LogP contribution in [0.4, 0.5) is 39.8 Å². The van der Waals surface area contributed by atoms with Gasteiger partial charge < -0.3 is 23.8 Å². The van der Waals surface area contributed by atoms with Crippen LogP contribution in [0.15, 0.2) is 267 Å². The van der Waals surface area contributed by atoms with Gasteiger partial charge in [0.25, 0.3) is 6.71 Å². The second-order valence-corrected chi connectivity index (χ2v) is 34.8. The zero-order chi connectivity index (χ0) is 72.4. The van der Waals surface area contributed by atoms with Gasteiger partial charge in [-0.1, -0.05) is 241 Å². The first-order valence-corrected chi connectivity index (χ1v) is 38.6. The Bertz CT molecular complexity index is 5440. The molecule has 4 aliphatic rings. The maximum absolute atomic E-state index is 2.80. The summed E-state index contributed by atoms with van der Waals surface area (Å²) in [4.78, 5) is 8.37. The summed E-state index contributed by atoms with van der Waals surface area (Å²) in [5.74, 6) is 0.